The van der Waals surface area contributed by atoms with E-state index in [1.54, 1.807) is 6.21 Å². The number of hydrogen-bond donors (Lipinski definition) is 1. The van der Waals surface area contributed by atoms with Crippen molar-refractivity contribution in [3.05, 3.63) is 92.4 Å². The maximum Gasteiger partial charge on any atom is 0.138 e. The Morgan fingerprint density at radius 1 is 1.08 bits per heavy atom. The maximum absolute atomic E-state index is 10.3. The Labute approximate surface area is 161 Å². The van der Waals surface area contributed by atoms with Crippen LogP contribution in [0.2, 0.25) is 5.02 Å². The van der Waals surface area contributed by atoms with Gasteiger partial charge in [-0.05, 0) is 76.3 Å². The van der Waals surface area contributed by atoms with Crippen molar-refractivity contribution < 1.29 is 5.11 Å². The van der Waals surface area contributed by atoms with E-state index in [-0.39, 0.29) is 5.75 Å². The molecule has 2 nitrogen and oxygen atoms in total. The highest BCUT2D eigenvalue weighted by Crippen LogP contribution is 2.30. The summed E-state index contributed by atoms with van der Waals surface area (Å²) in [6.45, 7) is 2.03. The van der Waals surface area contributed by atoms with Crippen LogP contribution in [-0.2, 0) is 6.42 Å². The normalized spacial score (nSPS) is 11.2. The molecule has 0 atom stereocenters. The van der Waals surface area contributed by atoms with E-state index in [0.717, 1.165) is 27.4 Å². The molecule has 126 valence electrons. The Bertz CT molecular complexity index is 937. The number of phenols is 1. The van der Waals surface area contributed by atoms with Crippen molar-refractivity contribution in [3.63, 3.8) is 0 Å². The molecule has 0 aliphatic carbocycles. The molecule has 4 heteroatoms. The van der Waals surface area contributed by atoms with Crippen LogP contribution in [0.1, 0.15) is 22.3 Å². The Morgan fingerprint density at radius 2 is 1.88 bits per heavy atom. The zero-order chi connectivity index (χ0) is 17.8. The van der Waals surface area contributed by atoms with Crippen LogP contribution in [0.5, 0.6) is 5.75 Å². The van der Waals surface area contributed by atoms with Gasteiger partial charge in [0.15, 0.2) is 0 Å². The van der Waals surface area contributed by atoms with Gasteiger partial charge in [-0.25, -0.2) is 0 Å². The van der Waals surface area contributed by atoms with Crippen molar-refractivity contribution in [2.45, 2.75) is 13.3 Å². The third-order valence-electron chi connectivity index (χ3n) is 3.86. The lowest BCUT2D eigenvalue weighted by molar-refractivity contribution is 0.471. The van der Waals surface area contributed by atoms with Gasteiger partial charge in [0.2, 0.25) is 0 Å². The lowest BCUT2D eigenvalue weighted by Gasteiger charge is -2.09. The second-order valence-electron chi connectivity index (χ2n) is 5.88. The van der Waals surface area contributed by atoms with Crippen molar-refractivity contribution >= 4 is 39.4 Å². The minimum absolute atomic E-state index is 0.180. The molecule has 1 N–H and O–H groups in total. The topological polar surface area (TPSA) is 32.6 Å². The highest BCUT2D eigenvalue weighted by Gasteiger charge is 2.09. The van der Waals surface area contributed by atoms with Gasteiger partial charge in [-0.2, -0.15) is 0 Å². The Morgan fingerprint density at radius 3 is 2.64 bits per heavy atom. The zero-order valence-electron chi connectivity index (χ0n) is 13.7. The SMILES string of the molecule is Cc1cccc(N=Cc2cc(Cc3ccccc3Cl)cc(Br)c2O)c1. The fourth-order valence-corrected chi connectivity index (χ4v) is 3.32. The van der Waals surface area contributed by atoms with Gasteiger partial charge < -0.3 is 5.11 Å². The molecule has 0 aliphatic heterocycles. The molecule has 0 aromatic heterocycles. The summed E-state index contributed by atoms with van der Waals surface area (Å²) in [6.07, 6.45) is 2.37. The molecule has 0 aliphatic rings. The molecule has 0 radical (unpaired) electrons. The number of aliphatic imine (C=N–C) groups is 1. The maximum atomic E-state index is 10.3. The molecule has 0 heterocycles. The molecular formula is C21H17BrClNO. The third-order valence-corrected chi connectivity index (χ3v) is 4.83. The summed E-state index contributed by atoms with van der Waals surface area (Å²) in [5.74, 6) is 0.180. The van der Waals surface area contributed by atoms with Crippen molar-refractivity contribution in [3.8, 4) is 5.75 Å². The van der Waals surface area contributed by atoms with Gasteiger partial charge >= 0.3 is 0 Å². The molecule has 3 rings (SSSR count). The second-order valence-corrected chi connectivity index (χ2v) is 7.14. The summed E-state index contributed by atoms with van der Waals surface area (Å²) in [5.41, 5.74) is 4.75. The van der Waals surface area contributed by atoms with E-state index < -0.39 is 0 Å². The lowest BCUT2D eigenvalue weighted by atomic mass is 10.0. The third kappa shape index (κ3) is 4.50. The van der Waals surface area contributed by atoms with Crippen molar-refractivity contribution in [2.24, 2.45) is 4.99 Å². The van der Waals surface area contributed by atoms with Gasteiger partial charge in [-0.1, -0.05) is 41.9 Å². The van der Waals surface area contributed by atoms with Crippen molar-refractivity contribution in [1.29, 1.82) is 0 Å². The molecule has 25 heavy (non-hydrogen) atoms. The molecule has 3 aromatic rings. The van der Waals surface area contributed by atoms with Crippen LogP contribution in [0.25, 0.3) is 0 Å². The van der Waals surface area contributed by atoms with Crippen LogP contribution >= 0.6 is 27.5 Å². The van der Waals surface area contributed by atoms with Gasteiger partial charge in [0, 0.05) is 16.8 Å². The molecule has 0 saturated carbocycles. The first kappa shape index (κ1) is 17.7. The minimum Gasteiger partial charge on any atom is -0.506 e. The summed E-state index contributed by atoms with van der Waals surface area (Å²) in [4.78, 5) is 4.47. The first-order valence-electron chi connectivity index (χ1n) is 7.88. The predicted molar refractivity (Wildman–Crippen MR) is 108 cm³/mol. The molecule has 0 saturated heterocycles. The summed E-state index contributed by atoms with van der Waals surface area (Å²) < 4.78 is 0.641. The fourth-order valence-electron chi connectivity index (χ4n) is 2.59. The quantitative estimate of drug-likeness (QED) is 0.488. The number of aryl methyl sites for hydroxylation is 1. The van der Waals surface area contributed by atoms with Crippen LogP contribution in [-0.4, -0.2) is 11.3 Å². The summed E-state index contributed by atoms with van der Waals surface area (Å²) in [7, 11) is 0. The molecular weight excluding hydrogens is 398 g/mol. The number of rotatable bonds is 4. The van der Waals surface area contributed by atoms with Gasteiger partial charge in [0.1, 0.15) is 5.75 Å². The van der Waals surface area contributed by atoms with Crippen LogP contribution < -0.4 is 0 Å². The predicted octanol–water partition coefficient (Wildman–Crippen LogP) is 6.46. The van der Waals surface area contributed by atoms with Crippen LogP contribution in [0, 0.1) is 6.92 Å². The summed E-state index contributed by atoms with van der Waals surface area (Å²) >= 11 is 9.68. The number of benzene rings is 3. The summed E-state index contributed by atoms with van der Waals surface area (Å²) in [5, 5.41) is 11.0. The first-order valence-corrected chi connectivity index (χ1v) is 9.05. The van der Waals surface area contributed by atoms with Crippen LogP contribution in [0.3, 0.4) is 0 Å². The van der Waals surface area contributed by atoms with Crippen LogP contribution in [0.15, 0.2) is 70.1 Å². The monoisotopic (exact) mass is 413 g/mol. The number of phenolic OH excluding ortho intramolecular Hbond substituents is 1. The average molecular weight is 415 g/mol. The number of nitrogens with zero attached hydrogens (tertiary/aromatic N) is 1. The van der Waals surface area contributed by atoms with Gasteiger partial charge in [0.05, 0.1) is 10.2 Å². The zero-order valence-corrected chi connectivity index (χ0v) is 16.1. The van der Waals surface area contributed by atoms with Gasteiger partial charge in [-0.3, -0.25) is 4.99 Å². The smallest absolute Gasteiger partial charge is 0.138 e. The minimum atomic E-state index is 0.180. The van der Waals surface area contributed by atoms with E-state index in [2.05, 4.69) is 20.9 Å². The molecule has 0 unspecified atom stereocenters. The number of halogens is 2. The van der Waals surface area contributed by atoms with E-state index in [4.69, 9.17) is 11.6 Å². The molecule has 0 fully saturated rings. The lowest BCUT2D eigenvalue weighted by Crippen LogP contribution is -1.93. The van der Waals surface area contributed by atoms with Gasteiger partial charge in [0.25, 0.3) is 0 Å². The second kappa shape index (κ2) is 7.85. The van der Waals surface area contributed by atoms with E-state index in [1.807, 2.05) is 67.6 Å². The van der Waals surface area contributed by atoms with E-state index >= 15 is 0 Å². The van der Waals surface area contributed by atoms with Crippen molar-refractivity contribution in [2.75, 3.05) is 0 Å². The van der Waals surface area contributed by atoms with E-state index in [9.17, 15) is 5.11 Å². The molecule has 0 spiro atoms. The first-order chi connectivity index (χ1) is 12.0. The number of aromatic hydroxyl groups is 1. The summed E-state index contributed by atoms with van der Waals surface area (Å²) in [6, 6.07) is 19.5. The van der Waals surface area contributed by atoms with E-state index in [1.165, 1.54) is 0 Å². The standard InChI is InChI=1S/C21H17BrClNO/c1-14-5-4-7-18(9-14)24-13-17-11-15(12-19(22)21(17)25)10-16-6-2-3-8-20(16)23/h2-9,11-13,25H,10H2,1H3. The number of hydrogen-bond acceptors (Lipinski definition) is 2. The Kier molecular flexibility index (Phi) is 5.57. The Hall–Kier alpha value is -2.10. The molecule has 0 bridgehead atoms. The largest absolute Gasteiger partial charge is 0.506 e. The Balaban J connectivity index is 1.92. The van der Waals surface area contributed by atoms with Crippen molar-refractivity contribution in [1.82, 2.24) is 0 Å². The van der Waals surface area contributed by atoms with E-state index in [0.29, 0.717) is 16.5 Å². The molecule has 3 aromatic carbocycles. The van der Waals surface area contributed by atoms with Crippen LogP contribution in [0.4, 0.5) is 5.69 Å². The molecule has 0 amide bonds. The highest BCUT2D eigenvalue weighted by atomic mass is 79.9. The van der Waals surface area contributed by atoms with Gasteiger partial charge in [-0.15, -0.1) is 0 Å². The average Bonchev–Trinajstić information content (AvgIpc) is 2.59. The fraction of sp³-hybridized carbons (Fsp3) is 0.0952. The highest BCUT2D eigenvalue weighted by molar-refractivity contribution is 9.10.